The van der Waals surface area contributed by atoms with Crippen LogP contribution in [-0.4, -0.2) is 30.8 Å². The van der Waals surface area contributed by atoms with Gasteiger partial charge >= 0.3 is 11.6 Å². The fourth-order valence-electron chi connectivity index (χ4n) is 3.65. The highest BCUT2D eigenvalue weighted by atomic mass is 16.5. The van der Waals surface area contributed by atoms with E-state index in [1.54, 1.807) is 0 Å². The van der Waals surface area contributed by atoms with Crippen LogP contribution in [0.5, 0.6) is 5.75 Å². The first-order chi connectivity index (χ1) is 13.4. The molecule has 0 bridgehead atoms. The first kappa shape index (κ1) is 20.4. The van der Waals surface area contributed by atoms with Crippen LogP contribution in [-0.2, 0) is 22.5 Å². The Labute approximate surface area is 165 Å². The second-order valence-corrected chi connectivity index (χ2v) is 7.87. The third-order valence-electron chi connectivity index (χ3n) is 4.83. The summed E-state index contributed by atoms with van der Waals surface area (Å²) >= 11 is 0. The lowest BCUT2D eigenvalue weighted by Crippen LogP contribution is -2.35. The van der Waals surface area contributed by atoms with Gasteiger partial charge in [-0.25, -0.2) is 4.79 Å². The van der Waals surface area contributed by atoms with E-state index in [2.05, 4.69) is 18.7 Å². The van der Waals surface area contributed by atoms with Gasteiger partial charge in [0.15, 0.2) is 0 Å². The zero-order valence-electron chi connectivity index (χ0n) is 17.2. The van der Waals surface area contributed by atoms with Crippen molar-refractivity contribution in [3.8, 4) is 5.75 Å². The van der Waals surface area contributed by atoms with Gasteiger partial charge < -0.3 is 13.9 Å². The van der Waals surface area contributed by atoms with Crippen molar-refractivity contribution in [3.63, 3.8) is 0 Å². The molecule has 0 aliphatic carbocycles. The summed E-state index contributed by atoms with van der Waals surface area (Å²) in [7, 11) is 0. The zero-order valence-corrected chi connectivity index (χ0v) is 17.2. The molecule has 0 saturated carbocycles. The van der Waals surface area contributed by atoms with E-state index in [1.807, 2.05) is 19.9 Å². The van der Waals surface area contributed by atoms with Crippen molar-refractivity contribution < 1.29 is 18.7 Å². The maximum atomic E-state index is 12.0. The Balaban J connectivity index is 1.98. The Kier molecular flexibility index (Phi) is 6.39. The molecule has 0 unspecified atom stereocenters. The summed E-state index contributed by atoms with van der Waals surface area (Å²) in [6.07, 6.45) is 1.64. The van der Waals surface area contributed by atoms with E-state index in [4.69, 9.17) is 13.9 Å². The number of nitrogens with zero attached hydrogens (tertiary/aromatic N) is 1. The molecule has 0 fully saturated rings. The van der Waals surface area contributed by atoms with Gasteiger partial charge in [0, 0.05) is 31.0 Å². The third kappa shape index (κ3) is 4.55. The number of carbonyl (C=O) groups excluding carboxylic acids is 1. The Hall–Kier alpha value is -2.34. The number of ether oxygens (including phenoxy) is 2. The molecule has 0 spiro atoms. The minimum absolute atomic E-state index is 0.204. The first-order valence-electron chi connectivity index (χ1n) is 9.99. The summed E-state index contributed by atoms with van der Waals surface area (Å²) in [5.74, 6) is 1.04. The van der Waals surface area contributed by atoms with Gasteiger partial charge in [0.1, 0.15) is 18.1 Å². The quantitative estimate of drug-likeness (QED) is 0.532. The normalized spacial score (nSPS) is 14.2. The van der Waals surface area contributed by atoms with E-state index >= 15 is 0 Å². The minimum atomic E-state index is -0.357. The first-order valence-corrected chi connectivity index (χ1v) is 9.99. The summed E-state index contributed by atoms with van der Waals surface area (Å²) in [6, 6.07) is 3.49. The molecule has 152 valence electrons. The molecule has 1 aromatic heterocycles. The fraction of sp³-hybridized carbons (Fsp3) is 0.545. The molecule has 6 nitrogen and oxygen atoms in total. The van der Waals surface area contributed by atoms with Crippen molar-refractivity contribution in [1.82, 2.24) is 4.90 Å². The average molecular weight is 387 g/mol. The lowest BCUT2D eigenvalue weighted by Gasteiger charge is -2.31. The third-order valence-corrected chi connectivity index (χ3v) is 4.83. The summed E-state index contributed by atoms with van der Waals surface area (Å²) in [4.78, 5) is 26.1. The number of hydrogen-bond donors (Lipinski definition) is 0. The van der Waals surface area contributed by atoms with Crippen molar-refractivity contribution in [2.75, 3.05) is 19.9 Å². The number of benzene rings is 1. The van der Waals surface area contributed by atoms with Crippen LogP contribution in [0.15, 0.2) is 21.3 Å². The van der Waals surface area contributed by atoms with Gasteiger partial charge in [-0.3, -0.25) is 9.69 Å². The van der Waals surface area contributed by atoms with Crippen molar-refractivity contribution in [1.29, 1.82) is 0 Å². The topological polar surface area (TPSA) is 69.0 Å². The van der Waals surface area contributed by atoms with Gasteiger partial charge in [-0.1, -0.05) is 20.8 Å². The highest BCUT2D eigenvalue weighted by Gasteiger charge is 2.26. The second kappa shape index (κ2) is 8.78. The molecule has 1 aromatic carbocycles. The SMILES string of the molecule is CCCOC(=O)CCc1cc2c(C)cc(=O)oc2c2c1OCN(CC(C)C)C2. The summed E-state index contributed by atoms with van der Waals surface area (Å²) in [6.45, 7) is 10.7. The van der Waals surface area contributed by atoms with E-state index in [9.17, 15) is 9.59 Å². The molecule has 1 aliphatic rings. The predicted octanol–water partition coefficient (Wildman–Crippen LogP) is 3.80. The lowest BCUT2D eigenvalue weighted by molar-refractivity contribution is -0.143. The predicted molar refractivity (Wildman–Crippen MR) is 108 cm³/mol. The Bertz CT molecular complexity index is 915. The fourth-order valence-corrected chi connectivity index (χ4v) is 3.65. The Morgan fingerprint density at radius 3 is 2.82 bits per heavy atom. The van der Waals surface area contributed by atoms with E-state index < -0.39 is 0 Å². The number of rotatable bonds is 7. The summed E-state index contributed by atoms with van der Waals surface area (Å²) in [5, 5.41) is 0.894. The average Bonchev–Trinajstić information content (AvgIpc) is 2.64. The van der Waals surface area contributed by atoms with Crippen LogP contribution >= 0.6 is 0 Å². The molecule has 0 atom stereocenters. The molecule has 28 heavy (non-hydrogen) atoms. The number of esters is 1. The molecule has 2 heterocycles. The minimum Gasteiger partial charge on any atom is -0.477 e. The highest BCUT2D eigenvalue weighted by molar-refractivity contribution is 5.86. The van der Waals surface area contributed by atoms with Gasteiger partial charge in [0.25, 0.3) is 0 Å². The Morgan fingerprint density at radius 2 is 2.11 bits per heavy atom. The summed E-state index contributed by atoms with van der Waals surface area (Å²) in [5.41, 5.74) is 2.94. The maximum Gasteiger partial charge on any atom is 0.336 e. The van der Waals surface area contributed by atoms with Gasteiger partial charge in [0.2, 0.25) is 0 Å². The molecular formula is C22H29NO5. The second-order valence-electron chi connectivity index (χ2n) is 7.87. The van der Waals surface area contributed by atoms with Crippen molar-refractivity contribution >= 4 is 16.9 Å². The van der Waals surface area contributed by atoms with Gasteiger partial charge in [-0.2, -0.15) is 0 Å². The van der Waals surface area contributed by atoms with Crippen molar-refractivity contribution in [2.45, 2.75) is 53.5 Å². The van der Waals surface area contributed by atoms with E-state index in [0.717, 1.165) is 40.8 Å². The zero-order chi connectivity index (χ0) is 20.3. The number of fused-ring (bicyclic) bond motifs is 3. The van der Waals surface area contributed by atoms with Gasteiger partial charge in [-0.15, -0.1) is 0 Å². The van der Waals surface area contributed by atoms with Crippen LogP contribution in [0.25, 0.3) is 11.0 Å². The molecule has 0 saturated heterocycles. The standard InChI is InChI=1S/C22H29NO5/c1-5-8-26-19(24)7-6-16-10-17-15(4)9-20(25)28-22(17)18-12-23(11-14(2)3)13-27-21(16)18/h9-10,14H,5-8,11-13H2,1-4H3. The largest absolute Gasteiger partial charge is 0.477 e. The van der Waals surface area contributed by atoms with Crippen molar-refractivity contribution in [3.05, 3.63) is 39.2 Å². The van der Waals surface area contributed by atoms with Crippen LogP contribution in [0.4, 0.5) is 0 Å². The van der Waals surface area contributed by atoms with E-state index in [-0.39, 0.29) is 11.6 Å². The van der Waals surface area contributed by atoms with Crippen LogP contribution in [0, 0.1) is 12.8 Å². The monoisotopic (exact) mass is 387 g/mol. The molecule has 3 rings (SSSR count). The highest BCUT2D eigenvalue weighted by Crippen LogP contribution is 2.37. The molecule has 0 amide bonds. The molecule has 6 heteroatoms. The van der Waals surface area contributed by atoms with Crippen LogP contribution in [0.1, 0.15) is 50.3 Å². The van der Waals surface area contributed by atoms with Gasteiger partial charge in [0.05, 0.1) is 12.2 Å². The molecule has 0 N–H and O–H groups in total. The van der Waals surface area contributed by atoms with Crippen LogP contribution in [0.3, 0.4) is 0 Å². The summed E-state index contributed by atoms with van der Waals surface area (Å²) < 4.78 is 16.9. The number of hydrogen-bond acceptors (Lipinski definition) is 6. The molecule has 2 aromatic rings. The van der Waals surface area contributed by atoms with Crippen molar-refractivity contribution in [2.24, 2.45) is 5.92 Å². The number of aryl methyl sites for hydroxylation is 2. The van der Waals surface area contributed by atoms with Gasteiger partial charge in [-0.05, 0) is 42.9 Å². The van der Waals surface area contributed by atoms with Crippen LogP contribution < -0.4 is 10.4 Å². The van der Waals surface area contributed by atoms with Crippen LogP contribution in [0.2, 0.25) is 0 Å². The van der Waals surface area contributed by atoms with E-state index in [1.165, 1.54) is 6.07 Å². The number of carbonyl (C=O) groups is 1. The maximum absolute atomic E-state index is 12.0. The Morgan fingerprint density at radius 1 is 1.32 bits per heavy atom. The van der Waals surface area contributed by atoms with E-state index in [0.29, 0.717) is 44.2 Å². The molecule has 0 radical (unpaired) electrons. The molecular weight excluding hydrogens is 358 g/mol. The molecule has 1 aliphatic heterocycles. The smallest absolute Gasteiger partial charge is 0.336 e. The lowest BCUT2D eigenvalue weighted by atomic mass is 9.97.